The molecule has 0 aliphatic carbocycles. The number of nitrogens with one attached hydrogen (secondary N) is 2. The Labute approximate surface area is 170 Å². The molecule has 0 aromatic heterocycles. The Morgan fingerprint density at radius 3 is 2.82 bits per heavy atom. The predicted octanol–water partition coefficient (Wildman–Crippen LogP) is 3.78. The second-order valence-corrected chi connectivity index (χ2v) is 7.91. The van der Waals surface area contributed by atoms with Crippen LogP contribution in [0.4, 0.5) is 5.69 Å². The van der Waals surface area contributed by atoms with E-state index in [1.54, 1.807) is 30.0 Å². The molecule has 148 valence electrons. The van der Waals surface area contributed by atoms with Crippen LogP contribution in [0.5, 0.6) is 0 Å². The molecular weight excluding hydrogens is 372 g/mol. The molecule has 1 aliphatic heterocycles. The number of amides is 2. The molecule has 0 spiro atoms. The minimum atomic E-state index is -0.196. The molecule has 0 radical (unpaired) electrons. The molecule has 1 heterocycles. The molecule has 5 nitrogen and oxygen atoms in total. The van der Waals surface area contributed by atoms with Crippen LogP contribution in [-0.2, 0) is 15.3 Å². The molecule has 0 bridgehead atoms. The van der Waals surface area contributed by atoms with Gasteiger partial charge in [0.2, 0.25) is 5.91 Å². The molecular formula is C22H26N2O3S. The Balaban J connectivity index is 1.50. The number of benzene rings is 2. The van der Waals surface area contributed by atoms with Gasteiger partial charge in [0, 0.05) is 18.9 Å². The van der Waals surface area contributed by atoms with Crippen LogP contribution in [0.25, 0.3) is 0 Å². The highest BCUT2D eigenvalue weighted by atomic mass is 32.2. The van der Waals surface area contributed by atoms with Crippen molar-refractivity contribution in [3.63, 3.8) is 0 Å². The second kappa shape index (κ2) is 10.3. The number of thioether (sulfide) groups is 1. The van der Waals surface area contributed by atoms with Crippen molar-refractivity contribution < 1.29 is 14.3 Å². The minimum Gasteiger partial charge on any atom is -0.376 e. The van der Waals surface area contributed by atoms with Crippen LogP contribution in [0.1, 0.15) is 34.3 Å². The third-order valence-corrected chi connectivity index (χ3v) is 5.55. The maximum absolute atomic E-state index is 12.5. The molecule has 1 fully saturated rings. The Bertz CT molecular complexity index is 819. The van der Waals surface area contributed by atoms with Crippen molar-refractivity contribution in [2.75, 3.05) is 24.2 Å². The van der Waals surface area contributed by atoms with Crippen molar-refractivity contribution in [1.82, 2.24) is 5.32 Å². The summed E-state index contributed by atoms with van der Waals surface area (Å²) in [6.45, 7) is 3.31. The fourth-order valence-corrected chi connectivity index (χ4v) is 3.92. The number of aryl methyl sites for hydroxylation is 1. The monoisotopic (exact) mass is 398 g/mol. The normalized spacial score (nSPS) is 16.0. The number of para-hydroxylation sites is 1. The standard InChI is InChI=1S/C22H26N2O3S/c1-16-6-4-7-17(12-16)14-28-15-21(25)24-20-10-3-2-9-19(20)22(26)23-13-18-8-5-11-27-18/h2-4,6-7,9-10,12,18H,5,8,11,13-15H2,1H3,(H,23,26)(H,24,25)/t18-/m1/s1. The lowest BCUT2D eigenvalue weighted by Gasteiger charge is -2.13. The van der Waals surface area contributed by atoms with Crippen LogP contribution in [0, 0.1) is 6.92 Å². The number of rotatable bonds is 8. The van der Waals surface area contributed by atoms with Gasteiger partial charge in [0.1, 0.15) is 0 Å². The van der Waals surface area contributed by atoms with E-state index in [4.69, 9.17) is 4.74 Å². The van der Waals surface area contributed by atoms with Gasteiger partial charge in [0.25, 0.3) is 5.91 Å². The van der Waals surface area contributed by atoms with Crippen LogP contribution in [0.3, 0.4) is 0 Å². The molecule has 0 saturated carbocycles. The molecule has 2 N–H and O–H groups in total. The maximum Gasteiger partial charge on any atom is 0.253 e. The molecule has 1 saturated heterocycles. The minimum absolute atomic E-state index is 0.0868. The van der Waals surface area contributed by atoms with E-state index < -0.39 is 0 Å². The van der Waals surface area contributed by atoms with Gasteiger partial charge in [-0.1, -0.05) is 42.0 Å². The van der Waals surface area contributed by atoms with Gasteiger partial charge in [-0.15, -0.1) is 11.8 Å². The highest BCUT2D eigenvalue weighted by Crippen LogP contribution is 2.18. The van der Waals surface area contributed by atoms with E-state index in [9.17, 15) is 9.59 Å². The average Bonchev–Trinajstić information content (AvgIpc) is 3.20. The molecule has 1 aliphatic rings. The maximum atomic E-state index is 12.5. The van der Waals surface area contributed by atoms with Gasteiger partial charge in [-0.2, -0.15) is 0 Å². The lowest BCUT2D eigenvalue weighted by Crippen LogP contribution is -2.32. The van der Waals surface area contributed by atoms with Crippen molar-refractivity contribution in [2.24, 2.45) is 0 Å². The van der Waals surface area contributed by atoms with Crippen LogP contribution >= 0.6 is 11.8 Å². The van der Waals surface area contributed by atoms with Gasteiger partial charge in [0.05, 0.1) is 23.1 Å². The number of carbonyl (C=O) groups is 2. The van der Waals surface area contributed by atoms with E-state index in [1.165, 1.54) is 11.1 Å². The Morgan fingerprint density at radius 2 is 2.04 bits per heavy atom. The van der Waals surface area contributed by atoms with E-state index >= 15 is 0 Å². The summed E-state index contributed by atoms with van der Waals surface area (Å²) >= 11 is 1.55. The lowest BCUT2D eigenvalue weighted by atomic mass is 10.1. The van der Waals surface area contributed by atoms with Crippen LogP contribution < -0.4 is 10.6 Å². The van der Waals surface area contributed by atoms with E-state index in [1.807, 2.05) is 12.1 Å². The number of hydrogen-bond acceptors (Lipinski definition) is 4. The van der Waals surface area contributed by atoms with Crippen LogP contribution in [-0.4, -0.2) is 36.8 Å². The predicted molar refractivity (Wildman–Crippen MR) is 114 cm³/mol. The van der Waals surface area contributed by atoms with Gasteiger partial charge < -0.3 is 15.4 Å². The van der Waals surface area contributed by atoms with Gasteiger partial charge in [-0.3, -0.25) is 9.59 Å². The van der Waals surface area contributed by atoms with Crippen molar-refractivity contribution in [2.45, 2.75) is 31.6 Å². The Hall–Kier alpha value is -2.31. The van der Waals surface area contributed by atoms with Crippen LogP contribution in [0.15, 0.2) is 48.5 Å². The molecule has 3 rings (SSSR count). The third kappa shape index (κ3) is 6.11. The van der Waals surface area contributed by atoms with E-state index in [0.717, 1.165) is 25.2 Å². The summed E-state index contributed by atoms with van der Waals surface area (Å²) in [5, 5.41) is 5.77. The van der Waals surface area contributed by atoms with Crippen molar-refractivity contribution >= 4 is 29.3 Å². The SMILES string of the molecule is Cc1cccc(CSCC(=O)Nc2ccccc2C(=O)NC[C@H]2CCCO2)c1. The van der Waals surface area contributed by atoms with Gasteiger partial charge in [-0.25, -0.2) is 0 Å². The molecule has 1 atom stereocenters. The first kappa shape index (κ1) is 20.4. The van der Waals surface area contributed by atoms with Crippen molar-refractivity contribution in [3.05, 3.63) is 65.2 Å². The van der Waals surface area contributed by atoms with E-state index in [0.29, 0.717) is 23.5 Å². The third-order valence-electron chi connectivity index (χ3n) is 4.54. The highest BCUT2D eigenvalue weighted by molar-refractivity contribution is 7.99. The summed E-state index contributed by atoms with van der Waals surface area (Å²) in [6.07, 6.45) is 2.09. The zero-order valence-electron chi connectivity index (χ0n) is 16.1. The largest absolute Gasteiger partial charge is 0.376 e. The molecule has 2 aromatic rings. The summed E-state index contributed by atoms with van der Waals surface area (Å²) in [4.78, 5) is 24.8. The van der Waals surface area contributed by atoms with Crippen molar-refractivity contribution in [3.8, 4) is 0 Å². The number of hydrogen-bond donors (Lipinski definition) is 2. The number of ether oxygens (including phenoxy) is 1. The van der Waals surface area contributed by atoms with E-state index in [-0.39, 0.29) is 17.9 Å². The fraction of sp³-hybridized carbons (Fsp3) is 0.364. The summed E-state index contributed by atoms with van der Waals surface area (Å²) < 4.78 is 5.53. The first-order chi connectivity index (χ1) is 13.6. The summed E-state index contributed by atoms with van der Waals surface area (Å²) in [5.41, 5.74) is 3.42. The fourth-order valence-electron chi connectivity index (χ4n) is 3.15. The van der Waals surface area contributed by atoms with Gasteiger partial charge in [0.15, 0.2) is 0 Å². The summed E-state index contributed by atoms with van der Waals surface area (Å²) in [5.74, 6) is 0.800. The van der Waals surface area contributed by atoms with Crippen molar-refractivity contribution in [1.29, 1.82) is 0 Å². The number of anilines is 1. The molecule has 2 aromatic carbocycles. The van der Waals surface area contributed by atoms with E-state index in [2.05, 4.69) is 35.8 Å². The molecule has 0 unspecified atom stereocenters. The van der Waals surface area contributed by atoms with Gasteiger partial charge in [-0.05, 0) is 37.5 Å². The summed E-state index contributed by atoms with van der Waals surface area (Å²) in [6, 6.07) is 15.3. The Morgan fingerprint density at radius 1 is 1.18 bits per heavy atom. The molecule has 2 amide bonds. The summed E-state index contributed by atoms with van der Waals surface area (Å²) in [7, 11) is 0. The first-order valence-corrected chi connectivity index (χ1v) is 10.7. The topological polar surface area (TPSA) is 67.4 Å². The molecule has 28 heavy (non-hydrogen) atoms. The average molecular weight is 399 g/mol. The zero-order valence-corrected chi connectivity index (χ0v) is 16.9. The number of carbonyl (C=O) groups excluding carboxylic acids is 2. The quantitative estimate of drug-likeness (QED) is 0.710. The smallest absolute Gasteiger partial charge is 0.253 e. The first-order valence-electron chi connectivity index (χ1n) is 9.54. The van der Waals surface area contributed by atoms with Gasteiger partial charge >= 0.3 is 0 Å². The Kier molecular flexibility index (Phi) is 7.51. The highest BCUT2D eigenvalue weighted by Gasteiger charge is 2.18. The lowest BCUT2D eigenvalue weighted by molar-refractivity contribution is -0.113. The molecule has 6 heteroatoms. The van der Waals surface area contributed by atoms with Crippen LogP contribution in [0.2, 0.25) is 0 Å². The zero-order chi connectivity index (χ0) is 19.8. The second-order valence-electron chi connectivity index (χ2n) is 6.92.